The summed E-state index contributed by atoms with van der Waals surface area (Å²) < 4.78 is 1.85. The fourth-order valence-electron chi connectivity index (χ4n) is 3.37. The highest BCUT2D eigenvalue weighted by atomic mass is 15.3. The van der Waals surface area contributed by atoms with Crippen LogP contribution in [0.2, 0.25) is 0 Å². The zero-order valence-corrected chi connectivity index (χ0v) is 15.0. The molecule has 3 heterocycles. The molecule has 5 rings (SSSR count). The number of hydrogen-bond acceptors (Lipinski definition) is 3. The zero-order valence-electron chi connectivity index (χ0n) is 15.0. The molecule has 5 aromatic rings. The van der Waals surface area contributed by atoms with Gasteiger partial charge in [-0.15, -0.1) is 0 Å². The molecule has 0 unspecified atom stereocenters. The molecule has 1 N–H and O–H groups in total. The molecule has 131 valence electrons. The summed E-state index contributed by atoms with van der Waals surface area (Å²) in [6.07, 6.45) is 5.24. The van der Waals surface area contributed by atoms with Gasteiger partial charge in [-0.3, -0.25) is 0 Å². The van der Waals surface area contributed by atoms with E-state index in [9.17, 15) is 0 Å². The van der Waals surface area contributed by atoms with Crippen LogP contribution in [0.25, 0.3) is 27.6 Å². The summed E-state index contributed by atoms with van der Waals surface area (Å²) in [6.45, 7) is 4.16. The Morgan fingerprint density at radius 3 is 2.81 bits per heavy atom. The molecule has 0 saturated heterocycles. The van der Waals surface area contributed by atoms with Crippen LogP contribution in [0, 0.1) is 13.8 Å². The summed E-state index contributed by atoms with van der Waals surface area (Å²) >= 11 is 0. The van der Waals surface area contributed by atoms with Gasteiger partial charge in [-0.1, -0.05) is 17.7 Å². The summed E-state index contributed by atoms with van der Waals surface area (Å²) in [6, 6.07) is 14.3. The van der Waals surface area contributed by atoms with Crippen molar-refractivity contribution in [3.63, 3.8) is 0 Å². The minimum Gasteiger partial charge on any atom is -0.361 e. The summed E-state index contributed by atoms with van der Waals surface area (Å²) in [5.41, 5.74) is 6.06. The second-order valence-corrected chi connectivity index (χ2v) is 6.64. The lowest BCUT2D eigenvalue weighted by Crippen LogP contribution is -2.01. The van der Waals surface area contributed by atoms with Crippen molar-refractivity contribution in [1.82, 2.24) is 30.0 Å². The quantitative estimate of drug-likeness (QED) is 0.520. The van der Waals surface area contributed by atoms with Crippen LogP contribution in [0.15, 0.2) is 61.2 Å². The number of aryl methyl sites for hydroxylation is 2. The lowest BCUT2D eigenvalue weighted by atomic mass is 10.1. The van der Waals surface area contributed by atoms with Crippen molar-refractivity contribution in [3.8, 4) is 5.69 Å². The molecule has 0 atom stereocenters. The van der Waals surface area contributed by atoms with Gasteiger partial charge in [0.05, 0.1) is 23.0 Å². The number of hydrogen-bond donors (Lipinski definition) is 1. The standard InChI is InChI=1S/C21H17N6/c1-13-3-6-19(14(2)9-13)27-21-17(11-25-27)20(23-12-24-21)26-16-4-5-18-15(10-16)7-8-22-18/h3-12,22H,1-2H3. The number of H-pyrrole nitrogens is 1. The Morgan fingerprint density at radius 1 is 1.00 bits per heavy atom. The molecular weight excluding hydrogens is 336 g/mol. The summed E-state index contributed by atoms with van der Waals surface area (Å²) in [4.78, 5) is 12.0. The second kappa shape index (κ2) is 5.95. The van der Waals surface area contributed by atoms with E-state index in [4.69, 9.17) is 5.32 Å². The first-order valence-corrected chi connectivity index (χ1v) is 8.74. The molecule has 0 aliphatic rings. The summed E-state index contributed by atoms with van der Waals surface area (Å²) in [5.74, 6) is 0.617. The first kappa shape index (κ1) is 15.6. The molecular formula is C21H17N6. The third kappa shape index (κ3) is 2.62. The van der Waals surface area contributed by atoms with E-state index in [0.29, 0.717) is 5.82 Å². The lowest BCUT2D eigenvalue weighted by molar-refractivity contribution is 0.886. The fraction of sp³-hybridized carbons (Fsp3) is 0.0952. The molecule has 0 saturated carbocycles. The van der Waals surface area contributed by atoms with Crippen molar-refractivity contribution >= 4 is 33.4 Å². The molecule has 6 nitrogen and oxygen atoms in total. The Morgan fingerprint density at radius 2 is 1.93 bits per heavy atom. The van der Waals surface area contributed by atoms with E-state index in [-0.39, 0.29) is 0 Å². The van der Waals surface area contributed by atoms with Gasteiger partial charge in [-0.05, 0) is 49.7 Å². The van der Waals surface area contributed by atoms with E-state index < -0.39 is 0 Å². The molecule has 0 aliphatic carbocycles. The maximum atomic E-state index is 4.72. The number of aromatic amines is 1. The third-order valence-corrected chi connectivity index (χ3v) is 4.70. The number of nitrogens with zero attached hydrogens (tertiary/aromatic N) is 5. The predicted octanol–water partition coefficient (Wildman–Crippen LogP) is 4.48. The van der Waals surface area contributed by atoms with Crippen LogP contribution in [-0.2, 0) is 0 Å². The van der Waals surface area contributed by atoms with Gasteiger partial charge in [0.2, 0.25) is 0 Å². The van der Waals surface area contributed by atoms with E-state index in [2.05, 4.69) is 52.1 Å². The maximum absolute atomic E-state index is 4.72. The first-order valence-electron chi connectivity index (χ1n) is 8.74. The normalized spacial score (nSPS) is 11.3. The Kier molecular flexibility index (Phi) is 3.43. The fourth-order valence-corrected chi connectivity index (χ4v) is 3.37. The third-order valence-electron chi connectivity index (χ3n) is 4.70. The van der Waals surface area contributed by atoms with Crippen molar-refractivity contribution in [2.24, 2.45) is 0 Å². The largest absolute Gasteiger partial charge is 0.361 e. The number of benzene rings is 2. The summed E-state index contributed by atoms with van der Waals surface area (Å²) in [7, 11) is 0. The Hall–Kier alpha value is -3.67. The molecule has 3 aromatic heterocycles. The van der Waals surface area contributed by atoms with Crippen molar-refractivity contribution in [1.29, 1.82) is 0 Å². The van der Waals surface area contributed by atoms with Gasteiger partial charge < -0.3 is 4.98 Å². The zero-order chi connectivity index (χ0) is 18.4. The van der Waals surface area contributed by atoms with E-state index >= 15 is 0 Å². The van der Waals surface area contributed by atoms with Crippen molar-refractivity contribution < 1.29 is 0 Å². The molecule has 0 amide bonds. The van der Waals surface area contributed by atoms with Gasteiger partial charge in [0.15, 0.2) is 11.5 Å². The van der Waals surface area contributed by atoms with Gasteiger partial charge in [0.1, 0.15) is 6.33 Å². The smallest absolute Gasteiger partial charge is 0.168 e. The average Bonchev–Trinajstić information content (AvgIpc) is 3.29. The van der Waals surface area contributed by atoms with E-state index in [1.807, 2.05) is 35.1 Å². The molecule has 0 spiro atoms. The first-order chi connectivity index (χ1) is 13.2. The van der Waals surface area contributed by atoms with E-state index in [1.165, 1.54) is 11.9 Å². The Bertz CT molecular complexity index is 1280. The van der Waals surface area contributed by atoms with E-state index in [1.54, 1.807) is 6.20 Å². The van der Waals surface area contributed by atoms with Crippen LogP contribution in [0.4, 0.5) is 11.5 Å². The Balaban J connectivity index is 1.59. The van der Waals surface area contributed by atoms with Crippen LogP contribution in [0.5, 0.6) is 0 Å². The maximum Gasteiger partial charge on any atom is 0.168 e. The molecule has 0 fully saturated rings. The van der Waals surface area contributed by atoms with Crippen molar-refractivity contribution in [2.75, 3.05) is 0 Å². The molecule has 2 aromatic carbocycles. The van der Waals surface area contributed by atoms with Crippen LogP contribution < -0.4 is 5.32 Å². The molecule has 27 heavy (non-hydrogen) atoms. The number of fused-ring (bicyclic) bond motifs is 2. The number of aromatic nitrogens is 5. The van der Waals surface area contributed by atoms with Gasteiger partial charge in [0.25, 0.3) is 0 Å². The van der Waals surface area contributed by atoms with Gasteiger partial charge in [0, 0.05) is 17.1 Å². The van der Waals surface area contributed by atoms with Gasteiger partial charge >= 0.3 is 0 Å². The topological polar surface area (TPSA) is 73.5 Å². The van der Waals surface area contributed by atoms with Crippen molar-refractivity contribution in [2.45, 2.75) is 13.8 Å². The van der Waals surface area contributed by atoms with Gasteiger partial charge in [-0.25, -0.2) is 20.0 Å². The highest BCUT2D eigenvalue weighted by Gasteiger charge is 2.14. The van der Waals surface area contributed by atoms with Crippen LogP contribution in [-0.4, -0.2) is 24.7 Å². The van der Waals surface area contributed by atoms with Crippen LogP contribution in [0.3, 0.4) is 0 Å². The molecule has 6 heteroatoms. The van der Waals surface area contributed by atoms with Crippen LogP contribution >= 0.6 is 0 Å². The van der Waals surface area contributed by atoms with Crippen molar-refractivity contribution in [3.05, 3.63) is 72.3 Å². The molecule has 1 radical (unpaired) electrons. The van der Waals surface area contributed by atoms with Crippen LogP contribution in [0.1, 0.15) is 11.1 Å². The highest BCUT2D eigenvalue weighted by Crippen LogP contribution is 2.27. The second-order valence-electron chi connectivity index (χ2n) is 6.64. The number of nitrogens with one attached hydrogen (secondary N) is 1. The SMILES string of the molecule is Cc1ccc(-n2ncc3c([N]c4ccc5[nH]ccc5c4)ncnc32)c(C)c1. The highest BCUT2D eigenvalue weighted by molar-refractivity contribution is 5.88. The minimum atomic E-state index is 0.617. The number of rotatable bonds is 3. The monoisotopic (exact) mass is 353 g/mol. The lowest BCUT2D eigenvalue weighted by Gasteiger charge is -2.08. The average molecular weight is 353 g/mol. The predicted molar refractivity (Wildman–Crippen MR) is 106 cm³/mol. The molecule has 0 aliphatic heterocycles. The molecule has 0 bridgehead atoms. The Labute approximate surface area is 155 Å². The summed E-state index contributed by atoms with van der Waals surface area (Å²) in [5, 5.41) is 11.2. The van der Waals surface area contributed by atoms with E-state index in [0.717, 1.165) is 38.9 Å². The minimum absolute atomic E-state index is 0.617. The van der Waals surface area contributed by atoms with Gasteiger partial charge in [-0.2, -0.15) is 5.10 Å².